The van der Waals surface area contributed by atoms with Crippen molar-refractivity contribution in [3.05, 3.63) is 6.42 Å². The van der Waals surface area contributed by atoms with E-state index < -0.39 is 0 Å². The quantitative estimate of drug-likeness (QED) is 0.392. The summed E-state index contributed by atoms with van der Waals surface area (Å²) in [6.45, 7) is 3.27. The van der Waals surface area contributed by atoms with Crippen molar-refractivity contribution in [2.75, 3.05) is 6.61 Å². The minimum atomic E-state index is 0.645. The molecule has 1 heteroatoms. The number of ether oxygens (including phenoxy) is 1. The molecule has 0 amide bonds. The van der Waals surface area contributed by atoms with Gasteiger partial charge in [-0.25, -0.2) is 0 Å². The number of rotatable bonds is 9. The average molecular weight is 183 g/mol. The van der Waals surface area contributed by atoms with Gasteiger partial charge in [0, 0.05) is 0 Å². The van der Waals surface area contributed by atoms with Crippen LogP contribution in [-0.2, 0) is 4.74 Å². The molecule has 1 rings (SSSR count). The first-order chi connectivity index (χ1) is 6.43. The molecule has 1 heterocycles. The molecule has 77 valence electrons. The van der Waals surface area contributed by atoms with E-state index in [0.29, 0.717) is 6.10 Å². The van der Waals surface area contributed by atoms with Crippen LogP contribution >= 0.6 is 0 Å². The third kappa shape index (κ3) is 7.06. The van der Waals surface area contributed by atoms with Crippen LogP contribution < -0.4 is 0 Å². The highest BCUT2D eigenvalue weighted by Crippen LogP contribution is 2.18. The summed E-state index contributed by atoms with van der Waals surface area (Å²) in [4.78, 5) is 0. The molecule has 1 saturated heterocycles. The van der Waals surface area contributed by atoms with Crippen molar-refractivity contribution in [2.24, 2.45) is 0 Å². The SMILES string of the molecule is CCC[CH]CCCCCCC1CO1. The Morgan fingerprint density at radius 3 is 2.62 bits per heavy atom. The van der Waals surface area contributed by atoms with Gasteiger partial charge in [-0.05, 0) is 12.8 Å². The molecule has 1 atom stereocenters. The second kappa shape index (κ2) is 7.37. The van der Waals surface area contributed by atoms with Crippen molar-refractivity contribution in [3.63, 3.8) is 0 Å². The Balaban J connectivity index is 1.63. The Bertz CT molecular complexity index is 108. The van der Waals surface area contributed by atoms with Crippen molar-refractivity contribution >= 4 is 0 Å². The third-order valence-electron chi connectivity index (χ3n) is 2.58. The highest BCUT2D eigenvalue weighted by atomic mass is 16.6. The number of epoxide rings is 1. The van der Waals surface area contributed by atoms with Crippen molar-refractivity contribution < 1.29 is 4.74 Å². The van der Waals surface area contributed by atoms with Crippen LogP contribution in [0.2, 0.25) is 0 Å². The van der Waals surface area contributed by atoms with E-state index in [1.165, 1.54) is 51.4 Å². The molecule has 0 aromatic rings. The second-order valence-electron chi connectivity index (χ2n) is 4.02. The first-order valence-electron chi connectivity index (χ1n) is 5.86. The topological polar surface area (TPSA) is 12.5 Å². The van der Waals surface area contributed by atoms with E-state index in [4.69, 9.17) is 4.74 Å². The molecule has 0 aromatic heterocycles. The maximum atomic E-state index is 5.16. The van der Waals surface area contributed by atoms with E-state index in [2.05, 4.69) is 13.3 Å². The van der Waals surface area contributed by atoms with Crippen molar-refractivity contribution in [1.82, 2.24) is 0 Å². The molecule has 0 aliphatic carbocycles. The standard InChI is InChI=1S/C12H23O/c1-2-3-4-5-6-7-8-9-10-12-11-13-12/h4,12H,2-3,5-11H2,1H3. The lowest BCUT2D eigenvalue weighted by molar-refractivity contribution is 0.388. The molecule has 0 N–H and O–H groups in total. The maximum absolute atomic E-state index is 5.16. The monoisotopic (exact) mass is 183 g/mol. The minimum absolute atomic E-state index is 0.645. The third-order valence-corrected chi connectivity index (χ3v) is 2.58. The molecule has 13 heavy (non-hydrogen) atoms. The van der Waals surface area contributed by atoms with Crippen molar-refractivity contribution in [2.45, 2.75) is 64.4 Å². The van der Waals surface area contributed by atoms with Crippen LogP contribution in [0.5, 0.6) is 0 Å². The van der Waals surface area contributed by atoms with Crippen LogP contribution in [0.4, 0.5) is 0 Å². The molecule has 1 nitrogen and oxygen atoms in total. The number of unbranched alkanes of at least 4 members (excludes halogenated alkanes) is 7. The van der Waals surface area contributed by atoms with Gasteiger partial charge < -0.3 is 4.74 Å². The predicted octanol–water partition coefficient (Wildman–Crippen LogP) is 3.73. The van der Waals surface area contributed by atoms with Gasteiger partial charge >= 0.3 is 0 Å². The minimum Gasteiger partial charge on any atom is -0.373 e. The first kappa shape index (κ1) is 11.0. The molecule has 1 aliphatic heterocycles. The lowest BCUT2D eigenvalue weighted by Crippen LogP contribution is -1.86. The van der Waals surface area contributed by atoms with Crippen LogP contribution in [0.3, 0.4) is 0 Å². The lowest BCUT2D eigenvalue weighted by atomic mass is 10.1. The van der Waals surface area contributed by atoms with Gasteiger partial charge in [0.25, 0.3) is 0 Å². The van der Waals surface area contributed by atoms with E-state index in [1.807, 2.05) is 0 Å². The molecule has 1 radical (unpaired) electrons. The van der Waals surface area contributed by atoms with Gasteiger partial charge in [0.05, 0.1) is 12.7 Å². The highest BCUT2D eigenvalue weighted by molar-refractivity contribution is 4.68. The van der Waals surface area contributed by atoms with Gasteiger partial charge in [0.1, 0.15) is 0 Å². The second-order valence-corrected chi connectivity index (χ2v) is 4.02. The van der Waals surface area contributed by atoms with Crippen LogP contribution in [0.15, 0.2) is 0 Å². The lowest BCUT2D eigenvalue weighted by Gasteiger charge is -1.99. The van der Waals surface area contributed by atoms with Gasteiger partial charge in [0.15, 0.2) is 0 Å². The zero-order valence-corrected chi connectivity index (χ0v) is 8.93. The van der Waals surface area contributed by atoms with Crippen molar-refractivity contribution in [1.29, 1.82) is 0 Å². The summed E-state index contributed by atoms with van der Waals surface area (Å²) >= 11 is 0. The molecule has 1 aliphatic rings. The van der Waals surface area contributed by atoms with Crippen LogP contribution in [0, 0.1) is 6.42 Å². The van der Waals surface area contributed by atoms with Gasteiger partial charge in [-0.15, -0.1) is 0 Å². The van der Waals surface area contributed by atoms with E-state index in [9.17, 15) is 0 Å². The zero-order valence-electron chi connectivity index (χ0n) is 8.93. The van der Waals surface area contributed by atoms with E-state index >= 15 is 0 Å². The number of hydrogen-bond donors (Lipinski definition) is 0. The van der Waals surface area contributed by atoms with Gasteiger partial charge in [0.2, 0.25) is 0 Å². The Morgan fingerprint density at radius 2 is 1.92 bits per heavy atom. The summed E-state index contributed by atoms with van der Waals surface area (Å²) in [5.74, 6) is 0. The van der Waals surface area contributed by atoms with Crippen LogP contribution in [0.25, 0.3) is 0 Å². The smallest absolute Gasteiger partial charge is 0.0810 e. The van der Waals surface area contributed by atoms with Gasteiger partial charge in [-0.3, -0.25) is 0 Å². The summed E-state index contributed by atoms with van der Waals surface area (Å²) in [6, 6.07) is 0. The van der Waals surface area contributed by atoms with E-state index in [0.717, 1.165) is 6.61 Å². The summed E-state index contributed by atoms with van der Waals surface area (Å²) in [7, 11) is 0. The van der Waals surface area contributed by atoms with Gasteiger partial charge in [-0.2, -0.15) is 0 Å². The molecule has 0 saturated carbocycles. The molecular formula is C12H23O. The fourth-order valence-electron chi connectivity index (χ4n) is 1.60. The summed E-state index contributed by atoms with van der Waals surface area (Å²) < 4.78 is 5.16. The van der Waals surface area contributed by atoms with Crippen molar-refractivity contribution in [3.8, 4) is 0 Å². The fraction of sp³-hybridized carbons (Fsp3) is 0.917. The zero-order chi connectivity index (χ0) is 9.36. The maximum Gasteiger partial charge on any atom is 0.0810 e. The predicted molar refractivity (Wildman–Crippen MR) is 56.7 cm³/mol. The molecule has 1 unspecified atom stereocenters. The van der Waals surface area contributed by atoms with Gasteiger partial charge in [-0.1, -0.05) is 51.9 Å². The fourth-order valence-corrected chi connectivity index (χ4v) is 1.60. The van der Waals surface area contributed by atoms with Crippen LogP contribution in [-0.4, -0.2) is 12.7 Å². The van der Waals surface area contributed by atoms with Crippen LogP contribution in [0.1, 0.15) is 58.3 Å². The van der Waals surface area contributed by atoms with E-state index in [-0.39, 0.29) is 0 Å². The summed E-state index contributed by atoms with van der Waals surface area (Å²) in [5.41, 5.74) is 0. The van der Waals surface area contributed by atoms with E-state index in [1.54, 1.807) is 0 Å². The summed E-state index contributed by atoms with van der Waals surface area (Å²) in [6.07, 6.45) is 13.9. The molecule has 0 aromatic carbocycles. The first-order valence-corrected chi connectivity index (χ1v) is 5.86. The Hall–Kier alpha value is -0.0400. The Kier molecular flexibility index (Phi) is 6.26. The summed E-state index contributed by atoms with van der Waals surface area (Å²) in [5, 5.41) is 0. The molecule has 0 spiro atoms. The largest absolute Gasteiger partial charge is 0.373 e. The Labute approximate surface area is 82.9 Å². The molecule has 1 fully saturated rings. The molecular weight excluding hydrogens is 160 g/mol. The average Bonchev–Trinajstić information content (AvgIpc) is 2.93. The normalized spacial score (nSPS) is 20.5. The highest BCUT2D eigenvalue weighted by Gasteiger charge is 2.20. The number of hydrogen-bond acceptors (Lipinski definition) is 1. The Morgan fingerprint density at radius 1 is 1.15 bits per heavy atom. The molecule has 0 bridgehead atoms.